The van der Waals surface area contributed by atoms with Crippen LogP contribution in [0.15, 0.2) is 12.1 Å². The second kappa shape index (κ2) is 6.14. The van der Waals surface area contributed by atoms with Crippen LogP contribution in [0.5, 0.6) is 0 Å². The number of halogens is 2. The number of anilines is 1. The van der Waals surface area contributed by atoms with Crippen molar-refractivity contribution in [3.63, 3.8) is 0 Å². The molecule has 20 heavy (non-hydrogen) atoms. The summed E-state index contributed by atoms with van der Waals surface area (Å²) in [7, 11) is -4.03. The lowest BCUT2D eigenvalue weighted by molar-refractivity contribution is 0.0692. The molecule has 0 aromatic heterocycles. The van der Waals surface area contributed by atoms with Crippen LogP contribution in [0.4, 0.5) is 14.5 Å². The Morgan fingerprint density at radius 3 is 2.25 bits per heavy atom. The minimum Gasteiger partial charge on any atom is -0.478 e. The van der Waals surface area contributed by atoms with Gasteiger partial charge in [0.1, 0.15) is 11.6 Å². The van der Waals surface area contributed by atoms with E-state index in [1.807, 2.05) is 4.72 Å². The van der Waals surface area contributed by atoms with Gasteiger partial charge in [-0.1, -0.05) is 13.8 Å². The summed E-state index contributed by atoms with van der Waals surface area (Å²) in [4.78, 5) is 10.7. The SMILES string of the molecule is CCN(CC)S(=O)(=O)Nc1cc(C(=O)O)c(F)cc1F. The van der Waals surface area contributed by atoms with Gasteiger partial charge in [-0.05, 0) is 6.07 Å². The van der Waals surface area contributed by atoms with Crippen molar-refractivity contribution in [2.24, 2.45) is 0 Å². The van der Waals surface area contributed by atoms with Crippen molar-refractivity contribution in [2.45, 2.75) is 13.8 Å². The third-order valence-corrected chi connectivity index (χ3v) is 4.25. The molecular formula is C11H14F2N2O4S. The first-order valence-electron chi connectivity index (χ1n) is 5.73. The average Bonchev–Trinajstić information content (AvgIpc) is 2.33. The summed E-state index contributed by atoms with van der Waals surface area (Å²) in [5.41, 5.74) is -1.43. The molecule has 0 aliphatic carbocycles. The van der Waals surface area contributed by atoms with Gasteiger partial charge in [0.2, 0.25) is 0 Å². The second-order valence-electron chi connectivity index (χ2n) is 3.81. The van der Waals surface area contributed by atoms with Gasteiger partial charge in [-0.15, -0.1) is 0 Å². The zero-order valence-electron chi connectivity index (χ0n) is 10.9. The summed E-state index contributed by atoms with van der Waals surface area (Å²) < 4.78 is 53.4. The minimum absolute atomic E-state index is 0.153. The van der Waals surface area contributed by atoms with Gasteiger partial charge >= 0.3 is 16.2 Å². The molecule has 0 aliphatic rings. The topological polar surface area (TPSA) is 86.7 Å². The smallest absolute Gasteiger partial charge is 0.338 e. The normalized spacial score (nSPS) is 11.7. The molecule has 0 atom stereocenters. The molecule has 1 rings (SSSR count). The Kier molecular flexibility index (Phi) is 5.01. The summed E-state index contributed by atoms with van der Waals surface area (Å²) in [6.07, 6.45) is 0. The van der Waals surface area contributed by atoms with Crippen molar-refractivity contribution in [3.05, 3.63) is 29.3 Å². The Labute approximate surface area is 115 Å². The van der Waals surface area contributed by atoms with Gasteiger partial charge in [-0.3, -0.25) is 4.72 Å². The van der Waals surface area contributed by atoms with Crippen LogP contribution in [0.2, 0.25) is 0 Å². The molecule has 1 aromatic carbocycles. The first-order valence-corrected chi connectivity index (χ1v) is 7.17. The maximum atomic E-state index is 13.5. The van der Waals surface area contributed by atoms with E-state index in [2.05, 4.69) is 0 Å². The van der Waals surface area contributed by atoms with Crippen LogP contribution in [0, 0.1) is 11.6 Å². The molecule has 0 aliphatic heterocycles. The molecule has 0 unspecified atom stereocenters. The zero-order valence-corrected chi connectivity index (χ0v) is 11.7. The van der Waals surface area contributed by atoms with Gasteiger partial charge in [-0.25, -0.2) is 13.6 Å². The number of aromatic carboxylic acids is 1. The average molecular weight is 308 g/mol. The number of carboxylic acids is 1. The maximum absolute atomic E-state index is 13.5. The number of rotatable bonds is 6. The third kappa shape index (κ3) is 3.42. The Morgan fingerprint density at radius 1 is 1.25 bits per heavy atom. The molecule has 1 aromatic rings. The molecular weight excluding hydrogens is 294 g/mol. The molecule has 0 bridgehead atoms. The Bertz CT molecular complexity index is 615. The molecule has 0 saturated heterocycles. The summed E-state index contributed by atoms with van der Waals surface area (Å²) in [6, 6.07) is 0.928. The van der Waals surface area contributed by atoms with E-state index in [1.165, 1.54) is 0 Å². The quantitative estimate of drug-likeness (QED) is 0.837. The highest BCUT2D eigenvalue weighted by atomic mass is 32.2. The lowest BCUT2D eigenvalue weighted by atomic mass is 10.2. The number of nitrogens with zero attached hydrogens (tertiary/aromatic N) is 1. The highest BCUT2D eigenvalue weighted by Crippen LogP contribution is 2.21. The molecule has 2 N–H and O–H groups in total. The molecule has 0 amide bonds. The number of benzene rings is 1. The monoisotopic (exact) mass is 308 g/mol. The molecule has 0 spiro atoms. The van der Waals surface area contributed by atoms with Gasteiger partial charge in [-0.2, -0.15) is 12.7 Å². The Morgan fingerprint density at radius 2 is 1.80 bits per heavy atom. The summed E-state index contributed by atoms with van der Waals surface area (Å²) >= 11 is 0. The fourth-order valence-corrected chi connectivity index (χ4v) is 2.80. The van der Waals surface area contributed by atoms with Crippen LogP contribution in [0.25, 0.3) is 0 Å². The zero-order chi connectivity index (χ0) is 15.5. The highest BCUT2D eigenvalue weighted by molar-refractivity contribution is 7.90. The van der Waals surface area contributed by atoms with Crippen molar-refractivity contribution >= 4 is 21.9 Å². The van der Waals surface area contributed by atoms with Crippen LogP contribution >= 0.6 is 0 Å². The largest absolute Gasteiger partial charge is 0.478 e. The van der Waals surface area contributed by atoms with Crippen LogP contribution < -0.4 is 4.72 Å². The summed E-state index contributed by atoms with van der Waals surface area (Å²) in [6.45, 7) is 3.49. The van der Waals surface area contributed by atoms with Gasteiger partial charge in [0.15, 0.2) is 0 Å². The summed E-state index contributed by atoms with van der Waals surface area (Å²) in [5, 5.41) is 8.73. The first kappa shape index (κ1) is 16.3. The number of hydrogen-bond acceptors (Lipinski definition) is 3. The standard InChI is InChI=1S/C11H14F2N2O4S/c1-3-15(4-2)20(18,19)14-10-5-7(11(16)17)8(12)6-9(10)13/h5-6,14H,3-4H2,1-2H3,(H,16,17). The van der Waals surface area contributed by atoms with Crippen molar-refractivity contribution < 1.29 is 27.1 Å². The maximum Gasteiger partial charge on any atom is 0.338 e. The molecule has 9 heteroatoms. The van der Waals surface area contributed by atoms with Crippen LogP contribution in [-0.4, -0.2) is 36.9 Å². The van der Waals surface area contributed by atoms with Gasteiger partial charge in [0.25, 0.3) is 0 Å². The fraction of sp³-hybridized carbons (Fsp3) is 0.364. The molecule has 0 radical (unpaired) electrons. The molecule has 112 valence electrons. The van der Waals surface area contributed by atoms with Gasteiger partial charge in [0.05, 0.1) is 11.3 Å². The lowest BCUT2D eigenvalue weighted by Crippen LogP contribution is -2.35. The van der Waals surface area contributed by atoms with Crippen LogP contribution in [-0.2, 0) is 10.2 Å². The van der Waals surface area contributed by atoms with E-state index in [4.69, 9.17) is 5.11 Å². The lowest BCUT2D eigenvalue weighted by Gasteiger charge is -2.19. The highest BCUT2D eigenvalue weighted by Gasteiger charge is 2.22. The minimum atomic E-state index is -4.03. The van der Waals surface area contributed by atoms with E-state index in [1.54, 1.807) is 13.8 Å². The number of nitrogens with one attached hydrogen (secondary N) is 1. The van der Waals surface area contributed by atoms with E-state index in [9.17, 15) is 22.0 Å². The van der Waals surface area contributed by atoms with E-state index < -0.39 is 39.1 Å². The van der Waals surface area contributed by atoms with E-state index in [0.717, 1.165) is 4.31 Å². The van der Waals surface area contributed by atoms with Gasteiger partial charge < -0.3 is 5.11 Å². The fourth-order valence-electron chi connectivity index (χ4n) is 1.56. The number of carboxylic acid groups (broad SMARTS) is 1. The van der Waals surface area contributed by atoms with E-state index in [-0.39, 0.29) is 13.1 Å². The van der Waals surface area contributed by atoms with Crippen LogP contribution in [0.1, 0.15) is 24.2 Å². The molecule has 6 nitrogen and oxygen atoms in total. The Balaban J connectivity index is 3.22. The second-order valence-corrected chi connectivity index (χ2v) is 5.48. The van der Waals surface area contributed by atoms with Crippen molar-refractivity contribution in [2.75, 3.05) is 17.8 Å². The Hall–Kier alpha value is -1.74. The van der Waals surface area contributed by atoms with Gasteiger partial charge in [0, 0.05) is 19.2 Å². The first-order chi connectivity index (χ1) is 9.22. The predicted molar refractivity (Wildman–Crippen MR) is 68.8 cm³/mol. The molecule has 0 saturated carbocycles. The molecule has 0 heterocycles. The van der Waals surface area contributed by atoms with Crippen molar-refractivity contribution in [3.8, 4) is 0 Å². The predicted octanol–water partition coefficient (Wildman–Crippen LogP) is 1.66. The van der Waals surface area contributed by atoms with Crippen molar-refractivity contribution in [1.82, 2.24) is 4.31 Å². The number of carbonyl (C=O) groups is 1. The number of hydrogen-bond donors (Lipinski definition) is 2. The van der Waals surface area contributed by atoms with Crippen LogP contribution in [0.3, 0.4) is 0 Å². The van der Waals surface area contributed by atoms with Crippen molar-refractivity contribution in [1.29, 1.82) is 0 Å². The van der Waals surface area contributed by atoms with E-state index in [0.29, 0.717) is 12.1 Å². The molecule has 0 fully saturated rings. The van der Waals surface area contributed by atoms with E-state index >= 15 is 0 Å². The summed E-state index contributed by atoms with van der Waals surface area (Å²) in [5.74, 6) is -4.09. The third-order valence-electron chi connectivity index (χ3n) is 2.57.